The van der Waals surface area contributed by atoms with Crippen LogP contribution in [0.2, 0.25) is 0 Å². The fourth-order valence-corrected chi connectivity index (χ4v) is 3.29. The van der Waals surface area contributed by atoms with Crippen molar-refractivity contribution in [1.29, 1.82) is 0 Å². The molecule has 2 rings (SSSR count). The number of esters is 1. The largest absolute Gasteiger partial charge is 0.469 e. The number of rotatable bonds is 3. The average molecular weight is 215 g/mol. The van der Waals surface area contributed by atoms with Gasteiger partial charge in [0.1, 0.15) is 0 Å². The van der Waals surface area contributed by atoms with Gasteiger partial charge in [0.2, 0.25) is 0 Å². The molecule has 0 N–H and O–H groups in total. The predicted molar refractivity (Wildman–Crippen MR) is 55.1 cm³/mol. The molecule has 0 heterocycles. The number of halogens is 1. The SMILES string of the molecule is COC(=O)C1(CCCl)CC2C=CC1C2. The van der Waals surface area contributed by atoms with E-state index in [1.807, 2.05) is 0 Å². The van der Waals surface area contributed by atoms with Crippen molar-refractivity contribution >= 4 is 17.6 Å². The lowest BCUT2D eigenvalue weighted by Crippen LogP contribution is -2.36. The Bertz CT molecular complexity index is 274. The molecular formula is C11H15ClO2. The van der Waals surface area contributed by atoms with Crippen LogP contribution >= 0.6 is 11.6 Å². The van der Waals surface area contributed by atoms with Gasteiger partial charge >= 0.3 is 5.97 Å². The first-order valence-electron chi connectivity index (χ1n) is 5.05. The van der Waals surface area contributed by atoms with Crippen LogP contribution in [0.4, 0.5) is 0 Å². The minimum Gasteiger partial charge on any atom is -0.469 e. The number of allylic oxidation sites excluding steroid dienone is 2. The Morgan fingerprint density at radius 2 is 2.43 bits per heavy atom. The number of carbonyl (C=O) groups is 1. The minimum absolute atomic E-state index is 0.0741. The van der Waals surface area contributed by atoms with Crippen LogP contribution in [0.3, 0.4) is 0 Å². The zero-order valence-electron chi connectivity index (χ0n) is 8.33. The number of ether oxygens (including phenoxy) is 1. The molecule has 3 unspecified atom stereocenters. The Balaban J connectivity index is 2.24. The highest BCUT2D eigenvalue weighted by atomic mass is 35.5. The second kappa shape index (κ2) is 3.58. The number of fused-ring (bicyclic) bond motifs is 2. The van der Waals surface area contributed by atoms with Gasteiger partial charge in [-0.2, -0.15) is 0 Å². The molecule has 2 bridgehead atoms. The second-order valence-corrected chi connectivity index (χ2v) is 4.66. The summed E-state index contributed by atoms with van der Waals surface area (Å²) in [7, 11) is 1.47. The molecule has 0 amide bonds. The van der Waals surface area contributed by atoms with Crippen molar-refractivity contribution in [3.8, 4) is 0 Å². The Morgan fingerprint density at radius 3 is 2.86 bits per heavy atom. The number of hydrogen-bond acceptors (Lipinski definition) is 2. The van der Waals surface area contributed by atoms with Gasteiger partial charge in [-0.1, -0.05) is 12.2 Å². The zero-order chi connectivity index (χ0) is 10.2. The summed E-state index contributed by atoms with van der Waals surface area (Å²) in [5, 5.41) is 0. The maximum Gasteiger partial charge on any atom is 0.312 e. The second-order valence-electron chi connectivity index (χ2n) is 4.28. The predicted octanol–water partition coefficient (Wildman–Crippen LogP) is 2.37. The van der Waals surface area contributed by atoms with Crippen molar-refractivity contribution in [2.75, 3.05) is 13.0 Å². The molecule has 0 aliphatic heterocycles. The van der Waals surface area contributed by atoms with E-state index in [2.05, 4.69) is 12.2 Å². The number of carbonyl (C=O) groups excluding carboxylic acids is 1. The molecule has 3 heteroatoms. The van der Waals surface area contributed by atoms with Gasteiger partial charge < -0.3 is 4.74 Å². The molecule has 78 valence electrons. The lowest BCUT2D eigenvalue weighted by atomic mass is 9.73. The van der Waals surface area contributed by atoms with Crippen LogP contribution in [0.15, 0.2) is 12.2 Å². The zero-order valence-corrected chi connectivity index (χ0v) is 9.09. The van der Waals surface area contributed by atoms with Crippen LogP contribution in [0.1, 0.15) is 19.3 Å². The maximum absolute atomic E-state index is 11.8. The number of hydrogen-bond donors (Lipinski definition) is 0. The third-order valence-electron chi connectivity index (χ3n) is 3.64. The highest BCUT2D eigenvalue weighted by Crippen LogP contribution is 2.54. The van der Waals surface area contributed by atoms with Crippen molar-refractivity contribution in [1.82, 2.24) is 0 Å². The molecule has 2 nitrogen and oxygen atoms in total. The minimum atomic E-state index is -0.310. The van der Waals surface area contributed by atoms with Gasteiger partial charge in [0.25, 0.3) is 0 Å². The van der Waals surface area contributed by atoms with E-state index >= 15 is 0 Å². The molecule has 0 aromatic rings. The van der Waals surface area contributed by atoms with Crippen molar-refractivity contribution in [3.63, 3.8) is 0 Å². The fraction of sp³-hybridized carbons (Fsp3) is 0.727. The summed E-state index contributed by atoms with van der Waals surface area (Å²) < 4.78 is 4.91. The third-order valence-corrected chi connectivity index (χ3v) is 3.83. The quantitative estimate of drug-likeness (QED) is 0.410. The van der Waals surface area contributed by atoms with Gasteiger partial charge in [-0.05, 0) is 31.1 Å². The van der Waals surface area contributed by atoms with Gasteiger partial charge in [0.05, 0.1) is 12.5 Å². The topological polar surface area (TPSA) is 26.3 Å². The first-order chi connectivity index (χ1) is 6.73. The first-order valence-corrected chi connectivity index (χ1v) is 5.59. The summed E-state index contributed by atoms with van der Waals surface area (Å²) in [6.07, 6.45) is 7.16. The van der Waals surface area contributed by atoms with Crippen LogP contribution < -0.4 is 0 Å². The van der Waals surface area contributed by atoms with Crippen LogP contribution in [-0.2, 0) is 9.53 Å². The molecule has 0 spiro atoms. The number of methoxy groups -OCH3 is 1. The van der Waals surface area contributed by atoms with E-state index in [1.54, 1.807) is 0 Å². The summed E-state index contributed by atoms with van der Waals surface area (Å²) in [6.45, 7) is 0. The van der Waals surface area contributed by atoms with Crippen LogP contribution in [0.25, 0.3) is 0 Å². The standard InChI is InChI=1S/C11H15ClO2/c1-14-10(13)11(4-5-12)7-8-2-3-9(11)6-8/h2-3,8-9H,4-7H2,1H3. The molecule has 14 heavy (non-hydrogen) atoms. The average Bonchev–Trinajstić information content (AvgIpc) is 2.77. The van der Waals surface area contributed by atoms with Crippen molar-refractivity contribution in [3.05, 3.63) is 12.2 Å². The smallest absolute Gasteiger partial charge is 0.312 e. The molecule has 0 radical (unpaired) electrons. The molecule has 2 aliphatic rings. The van der Waals surface area contributed by atoms with E-state index in [4.69, 9.17) is 16.3 Å². The van der Waals surface area contributed by atoms with Gasteiger partial charge in [-0.3, -0.25) is 4.79 Å². The Hall–Kier alpha value is -0.500. The van der Waals surface area contributed by atoms with E-state index in [0.717, 1.165) is 19.3 Å². The van der Waals surface area contributed by atoms with Gasteiger partial charge in [-0.15, -0.1) is 11.6 Å². The fourth-order valence-electron chi connectivity index (χ4n) is 2.95. The highest BCUT2D eigenvalue weighted by Gasteiger charge is 2.53. The molecular weight excluding hydrogens is 200 g/mol. The molecule has 1 fully saturated rings. The highest BCUT2D eigenvalue weighted by molar-refractivity contribution is 6.18. The maximum atomic E-state index is 11.8. The normalized spacial score (nSPS) is 39.0. The number of alkyl halides is 1. The van der Waals surface area contributed by atoms with Gasteiger partial charge in [0.15, 0.2) is 0 Å². The van der Waals surface area contributed by atoms with Gasteiger partial charge in [-0.25, -0.2) is 0 Å². The summed E-state index contributed by atoms with van der Waals surface area (Å²) in [4.78, 5) is 11.8. The summed E-state index contributed by atoms with van der Waals surface area (Å²) in [5.74, 6) is 1.39. The monoisotopic (exact) mass is 214 g/mol. The summed E-state index contributed by atoms with van der Waals surface area (Å²) in [6, 6.07) is 0. The molecule has 0 aromatic heterocycles. The Kier molecular flexibility index (Phi) is 2.56. The third kappa shape index (κ3) is 1.28. The molecule has 2 aliphatic carbocycles. The van der Waals surface area contributed by atoms with E-state index in [0.29, 0.717) is 17.7 Å². The molecule has 0 saturated heterocycles. The van der Waals surface area contributed by atoms with Crippen LogP contribution in [0.5, 0.6) is 0 Å². The lowest BCUT2D eigenvalue weighted by Gasteiger charge is -2.31. The van der Waals surface area contributed by atoms with Crippen LogP contribution in [-0.4, -0.2) is 19.0 Å². The van der Waals surface area contributed by atoms with E-state index in [1.165, 1.54) is 7.11 Å². The van der Waals surface area contributed by atoms with Crippen molar-refractivity contribution in [2.24, 2.45) is 17.3 Å². The van der Waals surface area contributed by atoms with E-state index in [-0.39, 0.29) is 11.4 Å². The molecule has 3 atom stereocenters. The Labute approximate surface area is 89.3 Å². The first kappa shape index (κ1) is 10.0. The summed E-state index contributed by atoms with van der Waals surface area (Å²) >= 11 is 5.78. The van der Waals surface area contributed by atoms with Crippen molar-refractivity contribution < 1.29 is 9.53 Å². The Morgan fingerprint density at radius 1 is 1.64 bits per heavy atom. The molecule has 1 saturated carbocycles. The van der Waals surface area contributed by atoms with Crippen LogP contribution in [0, 0.1) is 17.3 Å². The lowest BCUT2D eigenvalue weighted by molar-refractivity contribution is -0.154. The van der Waals surface area contributed by atoms with E-state index in [9.17, 15) is 4.79 Å². The molecule has 0 aromatic carbocycles. The van der Waals surface area contributed by atoms with E-state index < -0.39 is 0 Å². The van der Waals surface area contributed by atoms with Gasteiger partial charge in [0, 0.05) is 5.88 Å². The summed E-state index contributed by atoms with van der Waals surface area (Å²) in [5.41, 5.74) is -0.310. The van der Waals surface area contributed by atoms with Crippen molar-refractivity contribution in [2.45, 2.75) is 19.3 Å².